The summed E-state index contributed by atoms with van der Waals surface area (Å²) in [4.78, 5) is 14.7. The van der Waals surface area contributed by atoms with Gasteiger partial charge in [-0.25, -0.2) is 4.79 Å². The van der Waals surface area contributed by atoms with Crippen LogP contribution in [0, 0.1) is 0 Å². The molecule has 0 bridgehead atoms. The predicted molar refractivity (Wildman–Crippen MR) is 93.1 cm³/mol. The van der Waals surface area contributed by atoms with Crippen LogP contribution < -0.4 is 14.8 Å². The first-order valence-corrected chi connectivity index (χ1v) is 9.21. The lowest BCUT2D eigenvalue weighted by atomic mass is 9.80. The van der Waals surface area contributed by atoms with Crippen LogP contribution in [-0.4, -0.2) is 49.9 Å². The number of para-hydroxylation sites is 1. The predicted octanol–water partition coefficient (Wildman–Crippen LogP) is 2.87. The lowest BCUT2D eigenvalue weighted by Crippen LogP contribution is -2.52. The van der Waals surface area contributed by atoms with Crippen molar-refractivity contribution < 1.29 is 19.0 Å². The highest BCUT2D eigenvalue weighted by Crippen LogP contribution is 2.43. The molecule has 6 heteroatoms. The van der Waals surface area contributed by atoms with Gasteiger partial charge in [0.2, 0.25) is 0 Å². The van der Waals surface area contributed by atoms with Crippen molar-refractivity contribution in [2.24, 2.45) is 0 Å². The molecule has 2 aliphatic heterocycles. The minimum Gasteiger partial charge on any atom is -0.486 e. The largest absolute Gasteiger partial charge is 0.486 e. The second kappa shape index (κ2) is 6.75. The Kier molecular flexibility index (Phi) is 4.46. The molecule has 1 unspecified atom stereocenters. The summed E-state index contributed by atoms with van der Waals surface area (Å²) >= 11 is 0. The summed E-state index contributed by atoms with van der Waals surface area (Å²) in [5, 5.41) is 3.09. The zero-order valence-corrected chi connectivity index (χ0v) is 14.8. The van der Waals surface area contributed by atoms with Gasteiger partial charge in [0.25, 0.3) is 0 Å². The Balaban J connectivity index is 1.48. The Morgan fingerprint density at radius 3 is 2.92 bits per heavy atom. The fourth-order valence-corrected chi connectivity index (χ4v) is 4.05. The van der Waals surface area contributed by atoms with Gasteiger partial charge in [0.15, 0.2) is 11.5 Å². The van der Waals surface area contributed by atoms with E-state index in [9.17, 15) is 4.79 Å². The van der Waals surface area contributed by atoms with Crippen LogP contribution in [-0.2, 0) is 4.74 Å². The van der Waals surface area contributed by atoms with Gasteiger partial charge < -0.3 is 24.4 Å². The third-order valence-electron chi connectivity index (χ3n) is 5.73. The molecule has 2 amide bonds. The third-order valence-corrected chi connectivity index (χ3v) is 5.73. The monoisotopic (exact) mass is 346 g/mol. The first kappa shape index (κ1) is 16.5. The van der Waals surface area contributed by atoms with Crippen molar-refractivity contribution >= 4 is 6.03 Å². The number of hydrogen-bond acceptors (Lipinski definition) is 4. The lowest BCUT2D eigenvalue weighted by Gasteiger charge is -2.41. The summed E-state index contributed by atoms with van der Waals surface area (Å²) in [6, 6.07) is 5.98. The van der Waals surface area contributed by atoms with Gasteiger partial charge in [-0.3, -0.25) is 0 Å². The van der Waals surface area contributed by atoms with E-state index in [1.54, 1.807) is 7.11 Å². The van der Waals surface area contributed by atoms with E-state index in [0.717, 1.165) is 49.3 Å². The van der Waals surface area contributed by atoms with Crippen molar-refractivity contribution in [2.45, 2.75) is 43.7 Å². The van der Waals surface area contributed by atoms with Crippen LogP contribution in [0.25, 0.3) is 0 Å². The number of urea groups is 1. The van der Waals surface area contributed by atoms with E-state index >= 15 is 0 Å². The second-order valence-corrected chi connectivity index (χ2v) is 7.12. The molecule has 0 aromatic heterocycles. The normalized spacial score (nSPS) is 23.9. The number of likely N-dealkylation sites (tertiary alicyclic amines) is 1. The van der Waals surface area contributed by atoms with Crippen molar-refractivity contribution in [3.63, 3.8) is 0 Å². The van der Waals surface area contributed by atoms with Crippen LogP contribution in [0.15, 0.2) is 18.2 Å². The summed E-state index contributed by atoms with van der Waals surface area (Å²) < 4.78 is 17.1. The molecule has 1 aromatic carbocycles. The maximum atomic E-state index is 12.8. The van der Waals surface area contributed by atoms with Crippen LogP contribution >= 0.6 is 0 Å². The van der Waals surface area contributed by atoms with Crippen molar-refractivity contribution in [3.8, 4) is 11.5 Å². The highest BCUT2D eigenvalue weighted by Gasteiger charge is 2.39. The quantitative estimate of drug-likeness (QED) is 0.911. The minimum absolute atomic E-state index is 0.0137. The summed E-state index contributed by atoms with van der Waals surface area (Å²) in [6.45, 7) is 2.47. The number of benzene rings is 1. The zero-order chi connectivity index (χ0) is 17.3. The number of carbonyl (C=O) groups is 1. The van der Waals surface area contributed by atoms with E-state index in [0.29, 0.717) is 19.8 Å². The molecular weight excluding hydrogens is 320 g/mol. The Bertz CT molecular complexity index is 639. The summed E-state index contributed by atoms with van der Waals surface area (Å²) in [5.41, 5.74) is 0.892. The first-order chi connectivity index (χ1) is 12.2. The van der Waals surface area contributed by atoms with Gasteiger partial charge >= 0.3 is 6.03 Å². The van der Waals surface area contributed by atoms with E-state index in [1.807, 2.05) is 23.1 Å². The number of hydrogen-bond donors (Lipinski definition) is 1. The molecule has 1 aromatic rings. The lowest BCUT2D eigenvalue weighted by molar-refractivity contribution is -0.0679. The molecule has 4 rings (SSSR count). The second-order valence-electron chi connectivity index (χ2n) is 7.12. The Labute approximate surface area is 148 Å². The Morgan fingerprint density at radius 1 is 1.32 bits per heavy atom. The number of carbonyl (C=O) groups excluding carboxylic acids is 1. The van der Waals surface area contributed by atoms with Crippen LogP contribution in [0.2, 0.25) is 0 Å². The highest BCUT2D eigenvalue weighted by molar-refractivity contribution is 5.75. The van der Waals surface area contributed by atoms with E-state index in [1.165, 1.54) is 6.42 Å². The number of rotatable bonds is 4. The van der Waals surface area contributed by atoms with E-state index < -0.39 is 0 Å². The van der Waals surface area contributed by atoms with Gasteiger partial charge in [0.05, 0.1) is 11.6 Å². The fourth-order valence-electron chi connectivity index (χ4n) is 4.05. The van der Waals surface area contributed by atoms with Gasteiger partial charge in [-0.2, -0.15) is 0 Å². The Morgan fingerprint density at radius 2 is 2.16 bits per heavy atom. The van der Waals surface area contributed by atoms with Crippen LogP contribution in [0.1, 0.15) is 43.7 Å². The van der Waals surface area contributed by atoms with Gasteiger partial charge in [-0.05, 0) is 38.2 Å². The molecule has 2 fully saturated rings. The number of ether oxygens (including phenoxy) is 3. The van der Waals surface area contributed by atoms with Crippen LogP contribution in [0.4, 0.5) is 4.79 Å². The molecule has 1 saturated carbocycles. The summed E-state index contributed by atoms with van der Waals surface area (Å²) in [7, 11) is 1.73. The number of amides is 2. The average molecular weight is 346 g/mol. The van der Waals surface area contributed by atoms with E-state index in [-0.39, 0.29) is 17.7 Å². The minimum atomic E-state index is -0.159. The summed E-state index contributed by atoms with van der Waals surface area (Å²) in [5.74, 6) is 1.58. The number of nitrogens with one attached hydrogen (secondary N) is 1. The van der Waals surface area contributed by atoms with Crippen molar-refractivity contribution in [3.05, 3.63) is 23.8 Å². The summed E-state index contributed by atoms with van der Waals surface area (Å²) in [6.07, 6.45) is 5.15. The molecule has 1 saturated heterocycles. The van der Waals surface area contributed by atoms with Crippen molar-refractivity contribution in [1.29, 1.82) is 0 Å². The maximum Gasteiger partial charge on any atom is 0.318 e. The third kappa shape index (κ3) is 3.03. The molecule has 3 aliphatic rings. The average Bonchev–Trinajstić information content (AvgIpc) is 3.10. The molecule has 1 N–H and O–H groups in total. The van der Waals surface area contributed by atoms with Crippen molar-refractivity contribution in [1.82, 2.24) is 10.2 Å². The van der Waals surface area contributed by atoms with Crippen molar-refractivity contribution in [2.75, 3.05) is 33.4 Å². The zero-order valence-electron chi connectivity index (χ0n) is 14.8. The van der Waals surface area contributed by atoms with Crippen LogP contribution in [0.3, 0.4) is 0 Å². The molecule has 1 aliphatic carbocycles. The highest BCUT2D eigenvalue weighted by atomic mass is 16.6. The standard InChI is InChI=1S/C19H26N2O4/c1-23-19(8-4-9-19)13-20-18(22)21-10-3-6-15(21)14-5-2-7-16-17(14)25-12-11-24-16/h2,5,7,15H,3-4,6,8-13H2,1H3,(H,20,22). The van der Waals surface area contributed by atoms with Gasteiger partial charge in [0.1, 0.15) is 13.2 Å². The SMILES string of the molecule is COC1(CNC(=O)N2CCCC2c2cccc3c2OCCO3)CCC1. The Hall–Kier alpha value is -1.95. The molecule has 1 atom stereocenters. The molecule has 136 valence electrons. The molecule has 0 spiro atoms. The number of nitrogens with zero attached hydrogens (tertiary/aromatic N) is 1. The topological polar surface area (TPSA) is 60.0 Å². The molecule has 25 heavy (non-hydrogen) atoms. The number of fused-ring (bicyclic) bond motifs is 1. The first-order valence-electron chi connectivity index (χ1n) is 9.21. The van der Waals surface area contributed by atoms with Gasteiger partial charge in [-0.1, -0.05) is 12.1 Å². The van der Waals surface area contributed by atoms with E-state index in [2.05, 4.69) is 5.32 Å². The van der Waals surface area contributed by atoms with Gasteiger partial charge in [-0.15, -0.1) is 0 Å². The smallest absolute Gasteiger partial charge is 0.318 e. The molecule has 2 heterocycles. The fraction of sp³-hybridized carbons (Fsp3) is 0.632. The van der Waals surface area contributed by atoms with E-state index in [4.69, 9.17) is 14.2 Å². The molecule has 0 radical (unpaired) electrons. The van der Waals surface area contributed by atoms with Gasteiger partial charge in [0, 0.05) is 25.8 Å². The van der Waals surface area contributed by atoms with Crippen LogP contribution in [0.5, 0.6) is 11.5 Å². The maximum absolute atomic E-state index is 12.8. The molecule has 6 nitrogen and oxygen atoms in total. The molecular formula is C19H26N2O4. The number of methoxy groups -OCH3 is 1.